The molecular weight excluding hydrogens is 348 g/mol. The first-order valence-corrected chi connectivity index (χ1v) is 8.89. The zero-order valence-electron chi connectivity index (χ0n) is 15.4. The summed E-state index contributed by atoms with van der Waals surface area (Å²) < 4.78 is 0. The zero-order chi connectivity index (χ0) is 19.3. The molecule has 0 fully saturated rings. The maximum atomic E-state index is 12.9. The number of hydrogen-bond donors (Lipinski definition) is 0. The molecule has 0 aliphatic rings. The third-order valence-corrected chi connectivity index (χ3v) is 4.40. The molecule has 1 amide bonds. The van der Waals surface area contributed by atoms with Crippen LogP contribution in [0.25, 0.3) is 10.8 Å². The average molecular weight is 366 g/mol. The quantitative estimate of drug-likeness (QED) is 0.397. The molecular formula is C23H18N4O. The lowest BCUT2D eigenvalue weighted by Gasteiger charge is -2.19. The van der Waals surface area contributed by atoms with Gasteiger partial charge in [0, 0.05) is 25.0 Å². The Morgan fingerprint density at radius 3 is 2.39 bits per heavy atom. The smallest absolute Gasteiger partial charge is 0.279 e. The van der Waals surface area contributed by atoms with Crippen LogP contribution in [-0.4, -0.2) is 33.7 Å². The first-order chi connectivity index (χ1) is 13.7. The fourth-order valence-corrected chi connectivity index (χ4v) is 2.97. The second kappa shape index (κ2) is 7.80. The van der Waals surface area contributed by atoms with Crippen LogP contribution in [0, 0.1) is 0 Å². The number of aliphatic imine (C=N–C) groups is 1. The molecule has 5 heteroatoms. The number of fused-ring (bicyclic) bond motifs is 1. The van der Waals surface area contributed by atoms with Crippen LogP contribution in [0.5, 0.6) is 0 Å². The van der Waals surface area contributed by atoms with Gasteiger partial charge >= 0.3 is 0 Å². The van der Waals surface area contributed by atoms with Gasteiger partial charge in [0.05, 0.1) is 11.9 Å². The van der Waals surface area contributed by atoms with Crippen LogP contribution in [-0.2, 0) is 0 Å². The maximum absolute atomic E-state index is 12.9. The van der Waals surface area contributed by atoms with Gasteiger partial charge in [0.1, 0.15) is 11.5 Å². The Morgan fingerprint density at radius 1 is 0.893 bits per heavy atom. The van der Waals surface area contributed by atoms with E-state index in [1.807, 2.05) is 66.7 Å². The highest BCUT2D eigenvalue weighted by molar-refractivity contribution is 6.12. The van der Waals surface area contributed by atoms with Crippen molar-refractivity contribution in [3.8, 4) is 0 Å². The third kappa shape index (κ3) is 3.64. The van der Waals surface area contributed by atoms with Gasteiger partial charge in [-0.15, -0.1) is 0 Å². The van der Waals surface area contributed by atoms with E-state index in [2.05, 4.69) is 16.0 Å². The number of amidine groups is 1. The molecule has 0 bridgehead atoms. The number of carbonyl (C=O) groups excluding carboxylic acids is 1. The second-order valence-corrected chi connectivity index (χ2v) is 6.29. The zero-order valence-corrected chi connectivity index (χ0v) is 15.4. The van der Waals surface area contributed by atoms with E-state index in [0.29, 0.717) is 5.84 Å². The fourth-order valence-electron chi connectivity index (χ4n) is 2.97. The Kier molecular flexibility index (Phi) is 4.89. The predicted molar refractivity (Wildman–Crippen MR) is 111 cm³/mol. The highest BCUT2D eigenvalue weighted by atomic mass is 16.2. The van der Waals surface area contributed by atoms with Crippen molar-refractivity contribution in [2.75, 3.05) is 7.05 Å². The van der Waals surface area contributed by atoms with Crippen LogP contribution in [0.3, 0.4) is 0 Å². The average Bonchev–Trinajstić information content (AvgIpc) is 2.77. The SMILES string of the molecule is CN(C(=O)c1cnccn1)/C(=N\c1ccc2ccccc2c1)c1ccccc1. The van der Waals surface area contributed by atoms with Gasteiger partial charge in [-0.3, -0.25) is 14.7 Å². The maximum Gasteiger partial charge on any atom is 0.279 e. The number of amides is 1. The molecule has 0 N–H and O–H groups in total. The van der Waals surface area contributed by atoms with Crippen molar-refractivity contribution in [3.05, 3.63) is 103 Å². The normalized spacial score (nSPS) is 11.4. The summed E-state index contributed by atoms with van der Waals surface area (Å²) in [6.45, 7) is 0. The van der Waals surface area contributed by atoms with Crippen molar-refractivity contribution in [2.24, 2.45) is 4.99 Å². The summed E-state index contributed by atoms with van der Waals surface area (Å²) in [6, 6.07) is 23.7. The minimum absolute atomic E-state index is 0.267. The van der Waals surface area contributed by atoms with Gasteiger partial charge < -0.3 is 0 Å². The summed E-state index contributed by atoms with van der Waals surface area (Å²) in [7, 11) is 1.70. The Balaban J connectivity index is 1.79. The molecule has 28 heavy (non-hydrogen) atoms. The molecule has 5 nitrogen and oxygen atoms in total. The van der Waals surface area contributed by atoms with Crippen LogP contribution in [0.2, 0.25) is 0 Å². The molecule has 4 aromatic rings. The van der Waals surface area contributed by atoms with Crippen molar-refractivity contribution in [1.82, 2.24) is 14.9 Å². The molecule has 0 aliphatic carbocycles. The molecule has 0 aliphatic heterocycles. The largest absolute Gasteiger partial charge is 0.294 e. The minimum Gasteiger partial charge on any atom is -0.294 e. The molecule has 0 saturated carbocycles. The van der Waals surface area contributed by atoms with Crippen molar-refractivity contribution < 1.29 is 4.79 Å². The second-order valence-electron chi connectivity index (χ2n) is 6.29. The summed E-state index contributed by atoms with van der Waals surface area (Å²) in [6.07, 6.45) is 4.50. The highest BCUT2D eigenvalue weighted by Crippen LogP contribution is 2.22. The van der Waals surface area contributed by atoms with Gasteiger partial charge in [-0.05, 0) is 22.9 Å². The van der Waals surface area contributed by atoms with Crippen LogP contribution < -0.4 is 0 Å². The summed E-state index contributed by atoms with van der Waals surface area (Å²) in [5.41, 5.74) is 1.89. The lowest BCUT2D eigenvalue weighted by atomic mass is 10.1. The van der Waals surface area contributed by atoms with Crippen molar-refractivity contribution in [2.45, 2.75) is 0 Å². The first-order valence-electron chi connectivity index (χ1n) is 8.89. The molecule has 0 atom stereocenters. The Labute approximate surface area is 163 Å². The molecule has 136 valence electrons. The Hall–Kier alpha value is -3.86. The number of carbonyl (C=O) groups is 1. The van der Waals surface area contributed by atoms with Crippen molar-refractivity contribution >= 4 is 28.2 Å². The molecule has 0 radical (unpaired) electrons. The predicted octanol–water partition coefficient (Wildman–Crippen LogP) is 4.48. The first kappa shape index (κ1) is 17.5. The van der Waals surface area contributed by atoms with E-state index in [1.54, 1.807) is 7.05 Å². The Morgan fingerprint density at radius 2 is 1.64 bits per heavy atom. The van der Waals surface area contributed by atoms with Gasteiger partial charge in [0.25, 0.3) is 5.91 Å². The van der Waals surface area contributed by atoms with E-state index >= 15 is 0 Å². The van der Waals surface area contributed by atoms with Gasteiger partial charge in [0.15, 0.2) is 0 Å². The lowest BCUT2D eigenvalue weighted by Crippen LogP contribution is -2.34. The fraction of sp³-hybridized carbons (Fsp3) is 0.0435. The van der Waals surface area contributed by atoms with Gasteiger partial charge in [-0.1, -0.05) is 60.7 Å². The topological polar surface area (TPSA) is 58.5 Å². The van der Waals surface area contributed by atoms with Crippen LogP contribution >= 0.6 is 0 Å². The van der Waals surface area contributed by atoms with Crippen LogP contribution in [0.15, 0.2) is 96.4 Å². The third-order valence-electron chi connectivity index (χ3n) is 4.40. The number of rotatable bonds is 3. The van der Waals surface area contributed by atoms with E-state index in [1.165, 1.54) is 23.5 Å². The molecule has 0 unspecified atom stereocenters. The molecule has 1 aromatic heterocycles. The van der Waals surface area contributed by atoms with Crippen LogP contribution in [0.1, 0.15) is 16.1 Å². The standard InChI is InChI=1S/C23H18N4O/c1-27(23(28)21-16-24-13-14-25-21)22(18-8-3-2-4-9-18)26-20-12-11-17-7-5-6-10-19(17)15-20/h2-16H,1H3/b26-22-. The minimum atomic E-state index is -0.267. The monoisotopic (exact) mass is 366 g/mol. The summed E-state index contributed by atoms with van der Waals surface area (Å²) in [4.78, 5) is 27.3. The molecule has 1 heterocycles. The summed E-state index contributed by atoms with van der Waals surface area (Å²) >= 11 is 0. The van der Waals surface area contributed by atoms with Crippen LogP contribution in [0.4, 0.5) is 5.69 Å². The van der Waals surface area contributed by atoms with Gasteiger partial charge in [-0.2, -0.15) is 0 Å². The lowest BCUT2D eigenvalue weighted by molar-refractivity contribution is 0.0865. The van der Waals surface area contributed by atoms with E-state index in [9.17, 15) is 4.79 Å². The van der Waals surface area contributed by atoms with E-state index in [0.717, 1.165) is 22.0 Å². The molecule has 0 saturated heterocycles. The van der Waals surface area contributed by atoms with E-state index in [4.69, 9.17) is 4.99 Å². The molecule has 0 spiro atoms. The number of nitrogens with zero attached hydrogens (tertiary/aromatic N) is 4. The van der Waals surface area contributed by atoms with Gasteiger partial charge in [0.2, 0.25) is 0 Å². The molecule has 4 rings (SSSR count). The Bertz CT molecular complexity index is 1140. The summed E-state index contributed by atoms with van der Waals surface area (Å²) in [5.74, 6) is 0.281. The van der Waals surface area contributed by atoms with E-state index < -0.39 is 0 Å². The number of aromatic nitrogens is 2. The summed E-state index contributed by atoms with van der Waals surface area (Å²) in [5, 5.41) is 2.24. The molecule has 3 aromatic carbocycles. The van der Waals surface area contributed by atoms with Crippen molar-refractivity contribution in [1.29, 1.82) is 0 Å². The van der Waals surface area contributed by atoms with E-state index in [-0.39, 0.29) is 11.6 Å². The highest BCUT2D eigenvalue weighted by Gasteiger charge is 2.20. The number of hydrogen-bond acceptors (Lipinski definition) is 4. The van der Waals surface area contributed by atoms with Gasteiger partial charge in [-0.25, -0.2) is 9.98 Å². The van der Waals surface area contributed by atoms with Crippen molar-refractivity contribution in [3.63, 3.8) is 0 Å². The number of benzene rings is 3.